The number of piperazine rings is 1. The number of para-hydroxylation sites is 1. The number of nitrogens with zero attached hydrogens (tertiary/aromatic N) is 3. The van der Waals surface area contributed by atoms with Gasteiger partial charge in [-0.05, 0) is 42.0 Å². The van der Waals surface area contributed by atoms with Crippen LogP contribution in [0.25, 0.3) is 6.08 Å². The van der Waals surface area contributed by atoms with Crippen LogP contribution >= 0.6 is 0 Å². The van der Waals surface area contributed by atoms with Crippen molar-refractivity contribution in [2.45, 2.75) is 6.61 Å². The van der Waals surface area contributed by atoms with Gasteiger partial charge in [0.25, 0.3) is 5.91 Å². The van der Waals surface area contributed by atoms with Crippen LogP contribution in [0, 0.1) is 17.1 Å². The predicted molar refractivity (Wildman–Crippen MR) is 126 cm³/mol. The van der Waals surface area contributed by atoms with Crippen molar-refractivity contribution in [3.05, 3.63) is 101 Å². The number of nitriles is 1. The van der Waals surface area contributed by atoms with E-state index in [9.17, 15) is 14.4 Å². The van der Waals surface area contributed by atoms with Crippen molar-refractivity contribution >= 4 is 17.7 Å². The molecule has 1 amide bonds. The highest BCUT2D eigenvalue weighted by Gasteiger charge is 2.23. The van der Waals surface area contributed by atoms with Gasteiger partial charge < -0.3 is 14.5 Å². The normalized spacial score (nSPS) is 14.0. The monoisotopic (exact) mass is 441 g/mol. The fourth-order valence-corrected chi connectivity index (χ4v) is 3.72. The summed E-state index contributed by atoms with van der Waals surface area (Å²) in [7, 11) is 0. The van der Waals surface area contributed by atoms with Gasteiger partial charge in [-0.1, -0.05) is 48.5 Å². The Hall–Kier alpha value is -4.11. The molecule has 0 N–H and O–H groups in total. The highest BCUT2D eigenvalue weighted by molar-refractivity contribution is 6.01. The summed E-state index contributed by atoms with van der Waals surface area (Å²) < 4.78 is 19.4. The van der Waals surface area contributed by atoms with E-state index in [4.69, 9.17) is 4.74 Å². The van der Waals surface area contributed by atoms with Crippen molar-refractivity contribution in [3.63, 3.8) is 0 Å². The molecule has 1 aliphatic rings. The second-order valence-corrected chi connectivity index (χ2v) is 7.73. The fraction of sp³-hybridized carbons (Fsp3) is 0.185. The number of rotatable bonds is 6. The Bertz CT molecular complexity index is 1160. The molecule has 0 saturated carbocycles. The lowest BCUT2D eigenvalue weighted by Crippen LogP contribution is -2.49. The molecule has 0 aliphatic carbocycles. The number of carbonyl (C=O) groups excluding carboxylic acids is 1. The minimum atomic E-state index is -0.307. The largest absolute Gasteiger partial charge is 0.489 e. The topological polar surface area (TPSA) is 56.6 Å². The highest BCUT2D eigenvalue weighted by Crippen LogP contribution is 2.19. The summed E-state index contributed by atoms with van der Waals surface area (Å²) in [4.78, 5) is 16.8. The molecule has 1 aliphatic heterocycles. The van der Waals surface area contributed by atoms with Gasteiger partial charge in [0.2, 0.25) is 0 Å². The number of hydrogen-bond donors (Lipinski definition) is 0. The Morgan fingerprint density at radius 3 is 2.27 bits per heavy atom. The van der Waals surface area contributed by atoms with Crippen LogP contribution < -0.4 is 9.64 Å². The van der Waals surface area contributed by atoms with Crippen molar-refractivity contribution in [1.29, 1.82) is 5.26 Å². The van der Waals surface area contributed by atoms with E-state index in [2.05, 4.69) is 17.0 Å². The number of hydrogen-bond acceptors (Lipinski definition) is 4. The van der Waals surface area contributed by atoms with E-state index < -0.39 is 0 Å². The first kappa shape index (κ1) is 22.1. The minimum absolute atomic E-state index is 0.100. The average molecular weight is 442 g/mol. The van der Waals surface area contributed by atoms with E-state index in [1.54, 1.807) is 53.4 Å². The molecule has 0 bridgehead atoms. The Kier molecular flexibility index (Phi) is 7.01. The molecule has 0 atom stereocenters. The second kappa shape index (κ2) is 10.5. The van der Waals surface area contributed by atoms with Crippen LogP contribution in [0.15, 0.2) is 84.4 Å². The number of amides is 1. The van der Waals surface area contributed by atoms with Crippen LogP contribution in [0.5, 0.6) is 5.75 Å². The Labute approximate surface area is 192 Å². The molecule has 166 valence electrons. The Morgan fingerprint density at radius 2 is 1.61 bits per heavy atom. The van der Waals surface area contributed by atoms with Gasteiger partial charge in [0.1, 0.15) is 29.8 Å². The SMILES string of the molecule is N#C/C(=C/c1ccc(OCc2ccccc2F)cc1)C(=O)N1CCN(c2ccccc2)CC1. The third kappa shape index (κ3) is 5.58. The van der Waals surface area contributed by atoms with Crippen LogP contribution in [0.1, 0.15) is 11.1 Å². The van der Waals surface area contributed by atoms with Crippen LogP contribution in [0.3, 0.4) is 0 Å². The summed E-state index contributed by atoms with van der Waals surface area (Å²) in [5.74, 6) is 0.0150. The molecule has 1 saturated heterocycles. The van der Waals surface area contributed by atoms with Crippen LogP contribution in [-0.4, -0.2) is 37.0 Å². The standard InChI is InChI=1S/C27H24FN3O2/c28-26-9-5-4-6-22(26)20-33-25-12-10-21(11-13-25)18-23(19-29)27(32)31-16-14-30(15-17-31)24-7-2-1-3-8-24/h1-13,18H,14-17,20H2/b23-18-. The number of carbonyl (C=O) groups is 1. The maximum absolute atomic E-state index is 13.7. The van der Waals surface area contributed by atoms with Gasteiger partial charge in [0, 0.05) is 37.4 Å². The maximum Gasteiger partial charge on any atom is 0.264 e. The number of anilines is 1. The Morgan fingerprint density at radius 1 is 0.939 bits per heavy atom. The van der Waals surface area contributed by atoms with Gasteiger partial charge in [-0.3, -0.25) is 4.79 Å². The number of benzene rings is 3. The lowest BCUT2D eigenvalue weighted by atomic mass is 10.1. The summed E-state index contributed by atoms with van der Waals surface area (Å²) in [5.41, 5.74) is 2.44. The van der Waals surface area contributed by atoms with Crippen molar-refractivity contribution in [2.75, 3.05) is 31.1 Å². The molecule has 0 radical (unpaired) electrons. The quantitative estimate of drug-likeness (QED) is 0.412. The summed E-state index contributed by atoms with van der Waals surface area (Å²) in [5, 5.41) is 9.57. The minimum Gasteiger partial charge on any atom is -0.489 e. The molecule has 5 nitrogen and oxygen atoms in total. The third-order valence-electron chi connectivity index (χ3n) is 5.58. The number of ether oxygens (including phenoxy) is 1. The fourth-order valence-electron chi connectivity index (χ4n) is 3.72. The van der Waals surface area contributed by atoms with E-state index in [-0.39, 0.29) is 23.9 Å². The third-order valence-corrected chi connectivity index (χ3v) is 5.58. The van der Waals surface area contributed by atoms with Gasteiger partial charge in [-0.25, -0.2) is 4.39 Å². The summed E-state index contributed by atoms with van der Waals surface area (Å²) in [6, 6.07) is 25.6. The summed E-state index contributed by atoms with van der Waals surface area (Å²) in [6.07, 6.45) is 1.59. The molecular formula is C27H24FN3O2. The summed E-state index contributed by atoms with van der Waals surface area (Å²) >= 11 is 0. The maximum atomic E-state index is 13.7. The second-order valence-electron chi connectivity index (χ2n) is 7.73. The molecule has 3 aromatic carbocycles. The van der Waals surface area contributed by atoms with E-state index >= 15 is 0 Å². The average Bonchev–Trinajstić information content (AvgIpc) is 2.88. The summed E-state index contributed by atoms with van der Waals surface area (Å²) in [6.45, 7) is 2.70. The van der Waals surface area contributed by atoms with E-state index in [1.165, 1.54) is 6.07 Å². The van der Waals surface area contributed by atoms with E-state index in [0.29, 0.717) is 24.4 Å². The van der Waals surface area contributed by atoms with E-state index in [0.717, 1.165) is 24.3 Å². The van der Waals surface area contributed by atoms with Gasteiger partial charge >= 0.3 is 0 Å². The van der Waals surface area contributed by atoms with Crippen molar-refractivity contribution in [2.24, 2.45) is 0 Å². The van der Waals surface area contributed by atoms with Crippen LogP contribution in [-0.2, 0) is 11.4 Å². The van der Waals surface area contributed by atoms with Gasteiger partial charge in [-0.15, -0.1) is 0 Å². The first-order valence-corrected chi connectivity index (χ1v) is 10.8. The van der Waals surface area contributed by atoms with Crippen LogP contribution in [0.4, 0.5) is 10.1 Å². The molecule has 0 spiro atoms. The first-order chi connectivity index (χ1) is 16.1. The predicted octanol–water partition coefficient (Wildman–Crippen LogP) is 4.66. The molecule has 6 heteroatoms. The Balaban J connectivity index is 1.35. The molecule has 3 aromatic rings. The molecular weight excluding hydrogens is 417 g/mol. The lowest BCUT2D eigenvalue weighted by molar-refractivity contribution is -0.126. The van der Waals surface area contributed by atoms with Gasteiger partial charge in [0.05, 0.1) is 0 Å². The smallest absolute Gasteiger partial charge is 0.264 e. The van der Waals surface area contributed by atoms with Crippen molar-refractivity contribution in [3.8, 4) is 11.8 Å². The highest BCUT2D eigenvalue weighted by atomic mass is 19.1. The first-order valence-electron chi connectivity index (χ1n) is 10.8. The molecule has 33 heavy (non-hydrogen) atoms. The van der Waals surface area contributed by atoms with Crippen molar-refractivity contribution < 1.29 is 13.9 Å². The zero-order valence-corrected chi connectivity index (χ0v) is 18.2. The van der Waals surface area contributed by atoms with Gasteiger partial charge in [-0.2, -0.15) is 5.26 Å². The van der Waals surface area contributed by atoms with Gasteiger partial charge in [0.15, 0.2) is 0 Å². The molecule has 1 fully saturated rings. The zero-order chi connectivity index (χ0) is 23.0. The molecule has 4 rings (SSSR count). The van der Waals surface area contributed by atoms with Crippen LogP contribution in [0.2, 0.25) is 0 Å². The zero-order valence-electron chi connectivity index (χ0n) is 18.2. The lowest BCUT2D eigenvalue weighted by Gasteiger charge is -2.36. The van der Waals surface area contributed by atoms with E-state index in [1.807, 2.05) is 24.3 Å². The molecule has 1 heterocycles. The molecule has 0 aromatic heterocycles. The van der Waals surface area contributed by atoms with Crippen molar-refractivity contribution in [1.82, 2.24) is 4.90 Å². The molecule has 0 unspecified atom stereocenters. The number of halogens is 1.